The molecule has 0 saturated carbocycles. The molecule has 3 nitrogen and oxygen atoms in total. The second-order valence-corrected chi connectivity index (χ2v) is 4.44. The fourth-order valence-corrected chi connectivity index (χ4v) is 2.43. The number of halogens is 1. The summed E-state index contributed by atoms with van der Waals surface area (Å²) >= 11 is 3.41. The highest BCUT2D eigenvalue weighted by Crippen LogP contribution is 2.33. The lowest BCUT2D eigenvalue weighted by atomic mass is 10.0. The van der Waals surface area contributed by atoms with Gasteiger partial charge in [-0.05, 0) is 52.7 Å². The predicted molar refractivity (Wildman–Crippen MR) is 66.7 cm³/mol. The third-order valence-electron chi connectivity index (χ3n) is 2.41. The van der Waals surface area contributed by atoms with Gasteiger partial charge in [0.05, 0.1) is 11.6 Å². The highest BCUT2D eigenvalue weighted by Gasteiger charge is 2.12. The Kier molecular flexibility index (Phi) is 3.12. The van der Waals surface area contributed by atoms with Gasteiger partial charge in [-0.2, -0.15) is 5.26 Å². The molecule has 0 amide bonds. The van der Waals surface area contributed by atoms with Crippen LogP contribution in [0.4, 0.5) is 0 Å². The zero-order valence-electron chi connectivity index (χ0n) is 9.03. The van der Waals surface area contributed by atoms with Gasteiger partial charge in [-0.3, -0.25) is 4.79 Å². The topological polar surface area (TPSA) is 54.0 Å². The van der Waals surface area contributed by atoms with Crippen molar-refractivity contribution in [2.75, 3.05) is 0 Å². The Morgan fingerprint density at radius 2 is 2.18 bits per heavy atom. The van der Waals surface area contributed by atoms with Crippen molar-refractivity contribution >= 4 is 22.2 Å². The van der Waals surface area contributed by atoms with E-state index in [0.29, 0.717) is 17.6 Å². The number of carbonyl (C=O) groups excluding carboxylic acids is 1. The maximum Gasteiger partial charge on any atom is 0.185 e. The van der Waals surface area contributed by atoms with Crippen molar-refractivity contribution in [2.45, 2.75) is 6.92 Å². The number of hydrogen-bond acceptors (Lipinski definition) is 3. The van der Waals surface area contributed by atoms with Gasteiger partial charge in [0.2, 0.25) is 0 Å². The Morgan fingerprint density at radius 1 is 1.41 bits per heavy atom. The molecule has 0 radical (unpaired) electrons. The van der Waals surface area contributed by atoms with Crippen molar-refractivity contribution < 1.29 is 9.21 Å². The normalized spacial score (nSPS) is 9.94. The lowest BCUT2D eigenvalue weighted by Gasteiger charge is -2.06. The molecule has 0 aliphatic rings. The van der Waals surface area contributed by atoms with Gasteiger partial charge in [-0.25, -0.2) is 0 Å². The van der Waals surface area contributed by atoms with Crippen LogP contribution < -0.4 is 0 Å². The Morgan fingerprint density at radius 3 is 2.71 bits per heavy atom. The van der Waals surface area contributed by atoms with E-state index in [0.717, 1.165) is 15.6 Å². The van der Waals surface area contributed by atoms with Gasteiger partial charge in [-0.15, -0.1) is 0 Å². The predicted octanol–water partition coefficient (Wildman–Crippen LogP) is 3.70. The molecule has 0 saturated heterocycles. The van der Waals surface area contributed by atoms with Crippen LogP contribution in [0.3, 0.4) is 0 Å². The molecule has 4 heteroatoms. The average molecular weight is 290 g/mol. The monoisotopic (exact) mass is 289 g/mol. The molecule has 0 N–H and O–H groups in total. The number of aldehydes is 1. The van der Waals surface area contributed by atoms with Gasteiger partial charge in [0.25, 0.3) is 0 Å². The Bertz CT molecular complexity index is 600. The fraction of sp³-hybridized carbons (Fsp3) is 0.0769. The van der Waals surface area contributed by atoms with Gasteiger partial charge < -0.3 is 4.42 Å². The molecule has 0 fully saturated rings. The zero-order chi connectivity index (χ0) is 12.4. The first-order valence-electron chi connectivity index (χ1n) is 4.91. The van der Waals surface area contributed by atoms with Crippen LogP contribution >= 0.6 is 15.9 Å². The SMILES string of the molecule is Cc1cc(C#N)cc(Br)c1-c1ccc(C=O)o1. The molecule has 1 aromatic carbocycles. The third kappa shape index (κ3) is 2.15. The van der Waals surface area contributed by atoms with E-state index in [2.05, 4.69) is 22.0 Å². The molecule has 1 aromatic heterocycles. The number of aryl methyl sites for hydroxylation is 1. The number of benzene rings is 1. The van der Waals surface area contributed by atoms with Crippen molar-refractivity contribution in [3.8, 4) is 17.4 Å². The summed E-state index contributed by atoms with van der Waals surface area (Å²) in [6.07, 6.45) is 0.663. The molecule has 84 valence electrons. The van der Waals surface area contributed by atoms with Gasteiger partial charge in [0.15, 0.2) is 12.0 Å². The number of furan rings is 1. The van der Waals surface area contributed by atoms with E-state index in [1.165, 1.54) is 0 Å². The Labute approximate surface area is 107 Å². The van der Waals surface area contributed by atoms with Gasteiger partial charge in [-0.1, -0.05) is 0 Å². The minimum absolute atomic E-state index is 0.288. The number of nitriles is 1. The van der Waals surface area contributed by atoms with Crippen molar-refractivity contribution in [3.05, 3.63) is 45.6 Å². The average Bonchev–Trinajstić information content (AvgIpc) is 2.76. The minimum atomic E-state index is 0.288. The van der Waals surface area contributed by atoms with Crippen LogP contribution in [0.5, 0.6) is 0 Å². The van der Waals surface area contributed by atoms with Crippen LogP contribution in [0.25, 0.3) is 11.3 Å². The van der Waals surface area contributed by atoms with Crippen molar-refractivity contribution in [1.29, 1.82) is 5.26 Å². The van der Waals surface area contributed by atoms with Crippen molar-refractivity contribution in [3.63, 3.8) is 0 Å². The maximum absolute atomic E-state index is 10.6. The number of carbonyl (C=O) groups is 1. The standard InChI is InChI=1S/C13H8BrNO2/c1-8-4-9(6-15)5-11(14)13(8)12-3-2-10(7-16)17-12/h2-5,7H,1H3. The Hall–Kier alpha value is -1.86. The number of nitrogens with zero attached hydrogens (tertiary/aromatic N) is 1. The van der Waals surface area contributed by atoms with Gasteiger partial charge in [0, 0.05) is 10.0 Å². The van der Waals surface area contributed by atoms with E-state index >= 15 is 0 Å². The third-order valence-corrected chi connectivity index (χ3v) is 3.03. The maximum atomic E-state index is 10.6. The van der Waals surface area contributed by atoms with E-state index in [9.17, 15) is 4.79 Å². The van der Waals surface area contributed by atoms with Crippen molar-refractivity contribution in [1.82, 2.24) is 0 Å². The van der Waals surface area contributed by atoms with Gasteiger partial charge in [0.1, 0.15) is 5.76 Å². The molecule has 0 unspecified atom stereocenters. The van der Waals surface area contributed by atoms with E-state index in [-0.39, 0.29) is 5.76 Å². The summed E-state index contributed by atoms with van der Waals surface area (Å²) in [5.41, 5.74) is 2.36. The van der Waals surface area contributed by atoms with Crippen LogP contribution in [0, 0.1) is 18.3 Å². The van der Waals surface area contributed by atoms with Crippen LogP contribution in [0.15, 0.2) is 33.2 Å². The summed E-state index contributed by atoms with van der Waals surface area (Å²) < 4.78 is 6.15. The summed E-state index contributed by atoms with van der Waals surface area (Å²) in [6.45, 7) is 1.89. The van der Waals surface area contributed by atoms with E-state index in [1.54, 1.807) is 24.3 Å². The molecule has 0 aliphatic heterocycles. The summed E-state index contributed by atoms with van der Waals surface area (Å²) in [4.78, 5) is 10.6. The van der Waals surface area contributed by atoms with Crippen LogP contribution in [-0.2, 0) is 0 Å². The first kappa shape index (κ1) is 11.6. The molecular weight excluding hydrogens is 282 g/mol. The summed E-state index contributed by atoms with van der Waals surface area (Å²) in [5, 5.41) is 8.85. The molecule has 0 aliphatic carbocycles. The molecular formula is C13H8BrNO2. The van der Waals surface area contributed by atoms with Crippen molar-refractivity contribution in [2.24, 2.45) is 0 Å². The largest absolute Gasteiger partial charge is 0.453 e. The summed E-state index contributed by atoms with van der Waals surface area (Å²) in [7, 11) is 0. The van der Waals surface area contributed by atoms with E-state index < -0.39 is 0 Å². The van der Waals surface area contributed by atoms with E-state index in [1.807, 2.05) is 6.92 Å². The van der Waals surface area contributed by atoms with Gasteiger partial charge >= 0.3 is 0 Å². The lowest BCUT2D eigenvalue weighted by Crippen LogP contribution is -1.86. The van der Waals surface area contributed by atoms with Crippen LogP contribution in [0.2, 0.25) is 0 Å². The molecule has 1 heterocycles. The molecule has 0 bridgehead atoms. The fourth-order valence-electron chi connectivity index (χ4n) is 1.67. The second-order valence-electron chi connectivity index (χ2n) is 3.58. The van der Waals surface area contributed by atoms with E-state index in [4.69, 9.17) is 9.68 Å². The summed E-state index contributed by atoms with van der Waals surface area (Å²) in [5.74, 6) is 0.900. The number of rotatable bonds is 2. The number of hydrogen-bond donors (Lipinski definition) is 0. The van der Waals surface area contributed by atoms with Crippen LogP contribution in [0.1, 0.15) is 21.7 Å². The molecule has 0 atom stereocenters. The Balaban J connectivity index is 2.60. The first-order chi connectivity index (χ1) is 8.15. The highest BCUT2D eigenvalue weighted by molar-refractivity contribution is 9.10. The summed E-state index contributed by atoms with van der Waals surface area (Å²) in [6, 6.07) is 8.95. The van der Waals surface area contributed by atoms with Crippen LogP contribution in [-0.4, -0.2) is 6.29 Å². The highest BCUT2D eigenvalue weighted by atomic mass is 79.9. The lowest BCUT2D eigenvalue weighted by molar-refractivity contribution is 0.110. The second kappa shape index (κ2) is 4.56. The molecule has 17 heavy (non-hydrogen) atoms. The minimum Gasteiger partial charge on any atom is -0.453 e. The molecule has 2 rings (SSSR count). The quantitative estimate of drug-likeness (QED) is 0.792. The first-order valence-corrected chi connectivity index (χ1v) is 5.70. The smallest absolute Gasteiger partial charge is 0.185 e. The zero-order valence-corrected chi connectivity index (χ0v) is 10.6. The molecule has 2 aromatic rings. The molecule has 0 spiro atoms.